The molecule has 22 heavy (non-hydrogen) atoms. The summed E-state index contributed by atoms with van der Waals surface area (Å²) in [5.41, 5.74) is 5.05. The Bertz CT molecular complexity index is 684. The minimum Gasteiger partial charge on any atom is -0.273 e. The van der Waals surface area contributed by atoms with Gasteiger partial charge in [0.25, 0.3) is 0 Å². The molecule has 0 fully saturated rings. The Hall–Kier alpha value is -1.84. The van der Waals surface area contributed by atoms with E-state index < -0.39 is 0 Å². The van der Waals surface area contributed by atoms with Gasteiger partial charge in [-0.3, -0.25) is 4.79 Å². The fourth-order valence-electron chi connectivity index (χ4n) is 1.95. The summed E-state index contributed by atoms with van der Waals surface area (Å²) in [7, 11) is 0. The molecule has 1 amide bonds. The monoisotopic (exact) mass is 334 g/mol. The molecular formula is C17H16Cl2N2O. The van der Waals surface area contributed by atoms with Crippen LogP contribution in [-0.2, 0) is 11.2 Å². The summed E-state index contributed by atoms with van der Waals surface area (Å²) in [4.78, 5) is 11.8. The summed E-state index contributed by atoms with van der Waals surface area (Å²) < 4.78 is 0. The van der Waals surface area contributed by atoms with Gasteiger partial charge in [0.15, 0.2) is 0 Å². The quantitative estimate of drug-likeness (QED) is 0.636. The van der Waals surface area contributed by atoms with E-state index in [1.807, 2.05) is 30.3 Å². The number of amides is 1. The second kappa shape index (κ2) is 7.97. The summed E-state index contributed by atoms with van der Waals surface area (Å²) >= 11 is 12.0. The molecule has 0 saturated heterocycles. The topological polar surface area (TPSA) is 41.5 Å². The maximum Gasteiger partial charge on any atom is 0.240 e. The lowest BCUT2D eigenvalue weighted by Crippen LogP contribution is -2.19. The van der Waals surface area contributed by atoms with Crippen LogP contribution in [0.1, 0.15) is 24.5 Å². The number of carbonyl (C=O) groups is 1. The van der Waals surface area contributed by atoms with E-state index in [0.29, 0.717) is 28.6 Å². The van der Waals surface area contributed by atoms with E-state index in [1.165, 1.54) is 0 Å². The fraction of sp³-hybridized carbons (Fsp3) is 0.176. The lowest BCUT2D eigenvalue weighted by atomic mass is 10.1. The predicted molar refractivity (Wildman–Crippen MR) is 91.6 cm³/mol. The molecule has 0 aliphatic heterocycles. The van der Waals surface area contributed by atoms with Gasteiger partial charge in [-0.05, 0) is 31.0 Å². The van der Waals surface area contributed by atoms with Crippen molar-refractivity contribution in [1.29, 1.82) is 0 Å². The standard InChI is InChI=1S/C17H16Cl2N2O/c1-12(15-9-8-14(18)11-16(15)19)20-21-17(22)10-7-13-5-3-2-4-6-13/h2-6,8-9,11H,7,10H2,1H3,(H,21,22). The molecule has 5 heteroatoms. The van der Waals surface area contributed by atoms with E-state index in [4.69, 9.17) is 23.2 Å². The maximum atomic E-state index is 11.8. The highest BCUT2D eigenvalue weighted by molar-refractivity contribution is 6.37. The van der Waals surface area contributed by atoms with E-state index in [1.54, 1.807) is 25.1 Å². The fourth-order valence-corrected chi connectivity index (χ4v) is 2.49. The first-order valence-corrected chi connectivity index (χ1v) is 7.64. The molecule has 1 N–H and O–H groups in total. The molecule has 2 aromatic rings. The number of hydrogen-bond donors (Lipinski definition) is 1. The molecule has 0 aliphatic rings. The van der Waals surface area contributed by atoms with Crippen LogP contribution in [-0.4, -0.2) is 11.6 Å². The molecule has 0 heterocycles. The van der Waals surface area contributed by atoms with Crippen LogP contribution in [0.15, 0.2) is 53.6 Å². The van der Waals surface area contributed by atoms with Crippen LogP contribution in [0.25, 0.3) is 0 Å². The second-order valence-electron chi connectivity index (χ2n) is 4.84. The number of nitrogens with one attached hydrogen (secondary N) is 1. The van der Waals surface area contributed by atoms with E-state index in [2.05, 4.69) is 10.5 Å². The van der Waals surface area contributed by atoms with E-state index in [-0.39, 0.29) is 5.91 Å². The van der Waals surface area contributed by atoms with Gasteiger partial charge >= 0.3 is 0 Å². The van der Waals surface area contributed by atoms with Gasteiger partial charge in [0, 0.05) is 17.0 Å². The zero-order chi connectivity index (χ0) is 15.9. The van der Waals surface area contributed by atoms with Crippen molar-refractivity contribution in [1.82, 2.24) is 5.43 Å². The minimum atomic E-state index is -0.131. The van der Waals surface area contributed by atoms with Gasteiger partial charge in [-0.1, -0.05) is 59.6 Å². The van der Waals surface area contributed by atoms with Crippen molar-refractivity contribution in [2.45, 2.75) is 19.8 Å². The molecule has 114 valence electrons. The van der Waals surface area contributed by atoms with Gasteiger partial charge in [-0.2, -0.15) is 5.10 Å². The maximum absolute atomic E-state index is 11.8. The third kappa shape index (κ3) is 4.86. The first kappa shape index (κ1) is 16.5. The van der Waals surface area contributed by atoms with Crippen LogP contribution in [0, 0.1) is 0 Å². The SMILES string of the molecule is CC(=NNC(=O)CCc1ccccc1)c1ccc(Cl)cc1Cl. The van der Waals surface area contributed by atoms with Crippen molar-refractivity contribution < 1.29 is 4.79 Å². The lowest BCUT2D eigenvalue weighted by molar-refractivity contribution is -0.121. The average molecular weight is 335 g/mol. The molecule has 0 spiro atoms. The Labute approximate surface area is 139 Å². The molecule has 2 rings (SSSR count). The molecular weight excluding hydrogens is 319 g/mol. The van der Waals surface area contributed by atoms with Crippen molar-refractivity contribution in [3.63, 3.8) is 0 Å². The van der Waals surface area contributed by atoms with Gasteiger partial charge in [0.2, 0.25) is 5.91 Å². The number of nitrogens with zero attached hydrogens (tertiary/aromatic N) is 1. The normalized spacial score (nSPS) is 11.3. The Morgan fingerprint density at radius 3 is 2.55 bits per heavy atom. The predicted octanol–water partition coefficient (Wildman–Crippen LogP) is 4.47. The molecule has 0 aliphatic carbocycles. The third-order valence-corrected chi connectivity index (χ3v) is 3.70. The van der Waals surface area contributed by atoms with Crippen molar-refractivity contribution >= 4 is 34.8 Å². The zero-order valence-electron chi connectivity index (χ0n) is 12.1. The smallest absolute Gasteiger partial charge is 0.240 e. The van der Waals surface area contributed by atoms with Crippen LogP contribution in [0.3, 0.4) is 0 Å². The van der Waals surface area contributed by atoms with Crippen molar-refractivity contribution in [2.75, 3.05) is 0 Å². The largest absolute Gasteiger partial charge is 0.273 e. The van der Waals surface area contributed by atoms with E-state index in [9.17, 15) is 4.79 Å². The van der Waals surface area contributed by atoms with Gasteiger partial charge in [0.1, 0.15) is 0 Å². The number of carbonyl (C=O) groups excluding carboxylic acids is 1. The van der Waals surface area contributed by atoms with Gasteiger partial charge < -0.3 is 0 Å². The number of aryl methyl sites for hydroxylation is 1. The van der Waals surface area contributed by atoms with Crippen LogP contribution in [0.4, 0.5) is 0 Å². The average Bonchev–Trinajstić information content (AvgIpc) is 2.51. The first-order chi connectivity index (χ1) is 10.6. The van der Waals surface area contributed by atoms with Crippen molar-refractivity contribution in [2.24, 2.45) is 5.10 Å². The number of hydrazone groups is 1. The zero-order valence-corrected chi connectivity index (χ0v) is 13.7. The van der Waals surface area contributed by atoms with Crippen LogP contribution in [0.5, 0.6) is 0 Å². The van der Waals surface area contributed by atoms with E-state index in [0.717, 1.165) is 11.1 Å². The highest BCUT2D eigenvalue weighted by Crippen LogP contribution is 2.21. The summed E-state index contributed by atoms with van der Waals surface area (Å²) in [5, 5.41) is 5.16. The molecule has 0 atom stereocenters. The summed E-state index contributed by atoms with van der Waals surface area (Å²) in [6.07, 6.45) is 1.07. The summed E-state index contributed by atoms with van der Waals surface area (Å²) in [6.45, 7) is 1.78. The summed E-state index contributed by atoms with van der Waals surface area (Å²) in [5.74, 6) is -0.131. The van der Waals surface area contributed by atoms with Gasteiger partial charge in [-0.15, -0.1) is 0 Å². The first-order valence-electron chi connectivity index (χ1n) is 6.89. The number of benzene rings is 2. The number of halogens is 2. The van der Waals surface area contributed by atoms with Crippen molar-refractivity contribution in [3.05, 3.63) is 69.7 Å². The Morgan fingerprint density at radius 1 is 1.14 bits per heavy atom. The lowest BCUT2D eigenvalue weighted by Gasteiger charge is -2.05. The third-order valence-electron chi connectivity index (χ3n) is 3.15. The molecule has 3 nitrogen and oxygen atoms in total. The molecule has 0 saturated carbocycles. The molecule has 0 aromatic heterocycles. The molecule has 2 aromatic carbocycles. The van der Waals surface area contributed by atoms with Crippen LogP contribution >= 0.6 is 23.2 Å². The van der Waals surface area contributed by atoms with E-state index >= 15 is 0 Å². The number of hydrogen-bond acceptors (Lipinski definition) is 2. The molecule has 0 radical (unpaired) electrons. The second-order valence-corrected chi connectivity index (χ2v) is 5.69. The minimum absolute atomic E-state index is 0.131. The van der Waals surface area contributed by atoms with Crippen LogP contribution < -0.4 is 5.43 Å². The Kier molecular flexibility index (Phi) is 5.99. The molecule has 0 bridgehead atoms. The highest BCUT2D eigenvalue weighted by atomic mass is 35.5. The highest BCUT2D eigenvalue weighted by Gasteiger charge is 2.06. The summed E-state index contributed by atoms with van der Waals surface area (Å²) in [6, 6.07) is 15.0. The Balaban J connectivity index is 1.91. The van der Waals surface area contributed by atoms with Crippen LogP contribution in [0.2, 0.25) is 10.0 Å². The van der Waals surface area contributed by atoms with Gasteiger partial charge in [-0.25, -0.2) is 5.43 Å². The molecule has 0 unspecified atom stereocenters. The Morgan fingerprint density at radius 2 is 1.86 bits per heavy atom. The van der Waals surface area contributed by atoms with Gasteiger partial charge in [0.05, 0.1) is 10.7 Å². The number of rotatable bonds is 5. The van der Waals surface area contributed by atoms with Crippen molar-refractivity contribution in [3.8, 4) is 0 Å².